The Bertz CT molecular complexity index is 351. The van der Waals surface area contributed by atoms with Gasteiger partial charge in [0.1, 0.15) is 0 Å². The zero-order valence-corrected chi connectivity index (χ0v) is 7.49. The van der Waals surface area contributed by atoms with Crippen LogP contribution in [0.25, 0.3) is 0 Å². The second-order valence-electron chi connectivity index (χ2n) is 2.45. The van der Waals surface area contributed by atoms with E-state index in [0.717, 1.165) is 18.2 Å². The van der Waals surface area contributed by atoms with Crippen molar-refractivity contribution in [3.8, 4) is 0 Å². The highest BCUT2D eigenvalue weighted by molar-refractivity contribution is 6.33. The van der Waals surface area contributed by atoms with Crippen molar-refractivity contribution >= 4 is 23.7 Å². The van der Waals surface area contributed by atoms with Crippen LogP contribution in [-0.4, -0.2) is 6.41 Å². The normalized spacial score (nSPS) is 11.1. The number of rotatable bonds is 2. The summed E-state index contributed by atoms with van der Waals surface area (Å²) in [6, 6.07) is 2.70. The Kier molecular flexibility index (Phi) is 3.00. The van der Waals surface area contributed by atoms with Gasteiger partial charge in [0, 0.05) is 0 Å². The molecule has 0 aromatic heterocycles. The molecule has 1 aromatic carbocycles. The van der Waals surface area contributed by atoms with E-state index in [1.165, 1.54) is 0 Å². The van der Waals surface area contributed by atoms with Crippen LogP contribution >= 0.6 is 11.6 Å². The second-order valence-corrected chi connectivity index (χ2v) is 2.86. The number of benzene rings is 1. The molecule has 0 aliphatic rings. The van der Waals surface area contributed by atoms with Crippen LogP contribution in [0.15, 0.2) is 18.2 Å². The predicted molar refractivity (Wildman–Crippen MR) is 46.1 cm³/mol. The summed E-state index contributed by atoms with van der Waals surface area (Å²) in [5.74, 6) is 0. The number of halogens is 4. The first kappa shape index (κ1) is 10.8. The van der Waals surface area contributed by atoms with Gasteiger partial charge < -0.3 is 5.32 Å². The van der Waals surface area contributed by atoms with Crippen LogP contribution in [0.2, 0.25) is 5.02 Å². The number of alkyl halides is 3. The number of hydrogen-bond donors (Lipinski definition) is 1. The Morgan fingerprint density at radius 3 is 2.43 bits per heavy atom. The fourth-order valence-corrected chi connectivity index (χ4v) is 1.11. The second kappa shape index (κ2) is 3.88. The molecule has 0 unspecified atom stereocenters. The van der Waals surface area contributed by atoms with Crippen molar-refractivity contribution < 1.29 is 18.0 Å². The van der Waals surface area contributed by atoms with Crippen LogP contribution in [-0.2, 0) is 11.0 Å². The van der Waals surface area contributed by atoms with Crippen molar-refractivity contribution in [2.45, 2.75) is 6.18 Å². The average Bonchev–Trinajstić information content (AvgIpc) is 2.07. The number of carbonyl (C=O) groups excluding carboxylic acids is 1. The maximum Gasteiger partial charge on any atom is 0.416 e. The molecule has 0 fully saturated rings. The predicted octanol–water partition coefficient (Wildman–Crippen LogP) is 2.93. The van der Waals surface area contributed by atoms with Gasteiger partial charge in [-0.05, 0) is 18.2 Å². The maximum absolute atomic E-state index is 12.1. The lowest BCUT2D eigenvalue weighted by Gasteiger charge is -2.08. The summed E-state index contributed by atoms with van der Waals surface area (Å²) in [6.07, 6.45) is -4.09. The van der Waals surface area contributed by atoms with Crippen LogP contribution in [0.5, 0.6) is 0 Å². The van der Waals surface area contributed by atoms with Gasteiger partial charge in [0.05, 0.1) is 16.3 Å². The Morgan fingerprint density at radius 1 is 1.36 bits per heavy atom. The van der Waals surface area contributed by atoms with Gasteiger partial charge in [-0.15, -0.1) is 0 Å². The highest BCUT2D eigenvalue weighted by atomic mass is 35.5. The van der Waals surface area contributed by atoms with Gasteiger partial charge in [0.2, 0.25) is 6.41 Å². The van der Waals surface area contributed by atoms with Crippen LogP contribution in [0.4, 0.5) is 18.9 Å². The maximum atomic E-state index is 12.1. The molecule has 0 aliphatic carbocycles. The Morgan fingerprint density at radius 2 is 2.00 bits per heavy atom. The van der Waals surface area contributed by atoms with Gasteiger partial charge in [-0.3, -0.25) is 4.79 Å². The molecule has 0 atom stereocenters. The van der Waals surface area contributed by atoms with Crippen LogP contribution in [0.3, 0.4) is 0 Å². The van der Waals surface area contributed by atoms with Crippen LogP contribution in [0.1, 0.15) is 5.56 Å². The van der Waals surface area contributed by atoms with Crippen molar-refractivity contribution in [2.24, 2.45) is 0 Å². The molecule has 0 spiro atoms. The topological polar surface area (TPSA) is 29.1 Å². The Labute approximate surface area is 82.7 Å². The standard InChI is InChI=1S/C8H5ClF3NO/c9-6-3-5(8(10,11)12)1-2-7(6)13-4-14/h1-4H,(H,13,14). The third kappa shape index (κ3) is 2.38. The fourth-order valence-electron chi connectivity index (χ4n) is 0.872. The molecule has 1 rings (SSSR count). The summed E-state index contributed by atoms with van der Waals surface area (Å²) in [6.45, 7) is 0. The number of carbonyl (C=O) groups is 1. The lowest BCUT2D eigenvalue weighted by molar-refractivity contribution is -0.137. The highest BCUT2D eigenvalue weighted by Gasteiger charge is 2.30. The highest BCUT2D eigenvalue weighted by Crippen LogP contribution is 2.33. The van der Waals surface area contributed by atoms with E-state index in [0.29, 0.717) is 6.41 Å². The Hall–Kier alpha value is -1.23. The molecule has 2 nitrogen and oxygen atoms in total. The van der Waals surface area contributed by atoms with Crippen LogP contribution in [0, 0.1) is 0 Å². The first-order valence-electron chi connectivity index (χ1n) is 3.52. The molecule has 0 heterocycles. The van der Waals surface area contributed by atoms with Gasteiger partial charge >= 0.3 is 6.18 Å². The van der Waals surface area contributed by atoms with E-state index in [9.17, 15) is 18.0 Å². The molecule has 0 saturated carbocycles. The molecule has 0 radical (unpaired) electrons. The molecular formula is C8H5ClF3NO. The number of hydrogen-bond acceptors (Lipinski definition) is 1. The average molecular weight is 224 g/mol. The monoisotopic (exact) mass is 223 g/mol. The summed E-state index contributed by atoms with van der Waals surface area (Å²) >= 11 is 5.49. The summed E-state index contributed by atoms with van der Waals surface area (Å²) < 4.78 is 36.4. The SMILES string of the molecule is O=CNc1ccc(C(F)(F)F)cc1Cl. The zero-order valence-electron chi connectivity index (χ0n) is 6.73. The van der Waals surface area contributed by atoms with Crippen molar-refractivity contribution in [3.63, 3.8) is 0 Å². The van der Waals surface area contributed by atoms with Crippen molar-refractivity contribution in [1.29, 1.82) is 0 Å². The first-order valence-corrected chi connectivity index (χ1v) is 3.90. The molecule has 1 N–H and O–H groups in total. The van der Waals surface area contributed by atoms with Gasteiger partial charge in [0.25, 0.3) is 0 Å². The van der Waals surface area contributed by atoms with Gasteiger partial charge in [-0.25, -0.2) is 0 Å². The minimum absolute atomic E-state index is 0.146. The largest absolute Gasteiger partial charge is 0.416 e. The first-order chi connectivity index (χ1) is 6.45. The van der Waals surface area contributed by atoms with Gasteiger partial charge in [-0.2, -0.15) is 13.2 Å². The van der Waals surface area contributed by atoms with E-state index < -0.39 is 11.7 Å². The number of anilines is 1. The van der Waals surface area contributed by atoms with E-state index in [2.05, 4.69) is 5.32 Å². The van der Waals surface area contributed by atoms with E-state index >= 15 is 0 Å². The molecule has 6 heteroatoms. The smallest absolute Gasteiger partial charge is 0.327 e. The van der Waals surface area contributed by atoms with Gasteiger partial charge in [-0.1, -0.05) is 11.6 Å². The van der Waals surface area contributed by atoms with E-state index in [1.54, 1.807) is 0 Å². The van der Waals surface area contributed by atoms with E-state index in [4.69, 9.17) is 11.6 Å². The van der Waals surface area contributed by atoms with Gasteiger partial charge in [0.15, 0.2) is 0 Å². The minimum atomic E-state index is -4.43. The summed E-state index contributed by atoms with van der Waals surface area (Å²) in [5, 5.41) is 2.03. The number of nitrogens with one attached hydrogen (secondary N) is 1. The van der Waals surface area contributed by atoms with Crippen molar-refractivity contribution in [2.75, 3.05) is 5.32 Å². The van der Waals surface area contributed by atoms with Crippen molar-refractivity contribution in [1.82, 2.24) is 0 Å². The quantitative estimate of drug-likeness (QED) is 0.768. The zero-order chi connectivity index (χ0) is 10.8. The molecule has 14 heavy (non-hydrogen) atoms. The number of amides is 1. The molecule has 1 amide bonds. The lowest BCUT2D eigenvalue weighted by atomic mass is 10.2. The third-order valence-electron chi connectivity index (χ3n) is 1.51. The third-order valence-corrected chi connectivity index (χ3v) is 1.82. The lowest BCUT2D eigenvalue weighted by Crippen LogP contribution is -2.05. The summed E-state index contributed by atoms with van der Waals surface area (Å²) in [7, 11) is 0. The van der Waals surface area contributed by atoms with Crippen LogP contribution < -0.4 is 5.32 Å². The molecule has 0 saturated heterocycles. The molecule has 0 aliphatic heterocycles. The molecule has 1 aromatic rings. The summed E-state index contributed by atoms with van der Waals surface area (Å²) in [4.78, 5) is 10.0. The fraction of sp³-hybridized carbons (Fsp3) is 0.125. The van der Waals surface area contributed by atoms with Crippen molar-refractivity contribution in [3.05, 3.63) is 28.8 Å². The van der Waals surface area contributed by atoms with E-state index in [-0.39, 0.29) is 10.7 Å². The Balaban J connectivity index is 3.06. The minimum Gasteiger partial charge on any atom is -0.327 e. The molecular weight excluding hydrogens is 219 g/mol. The van der Waals surface area contributed by atoms with E-state index in [1.807, 2.05) is 0 Å². The molecule has 76 valence electrons. The summed E-state index contributed by atoms with van der Waals surface area (Å²) in [5.41, 5.74) is -0.700. The molecule has 0 bridgehead atoms.